The van der Waals surface area contributed by atoms with Crippen LogP contribution in [0, 0.1) is 0 Å². The summed E-state index contributed by atoms with van der Waals surface area (Å²) in [5.41, 5.74) is -0.240. The Kier molecular flexibility index (Phi) is 7.02. The van der Waals surface area contributed by atoms with Crippen LogP contribution in [0.15, 0.2) is 59.8 Å². The first kappa shape index (κ1) is 23.8. The molecule has 2 aromatic rings. The third kappa shape index (κ3) is 5.50. The minimum absolute atomic E-state index is 0.00327. The Morgan fingerprint density at radius 1 is 1.12 bits per heavy atom. The first-order valence-electron chi connectivity index (χ1n) is 9.71. The van der Waals surface area contributed by atoms with Crippen LogP contribution in [0.2, 0.25) is 0 Å². The molecule has 3 N–H and O–H groups in total. The first-order chi connectivity index (χ1) is 15.6. The van der Waals surface area contributed by atoms with E-state index in [1.165, 1.54) is 48.4 Å². The Labute approximate surface area is 186 Å². The molecule has 1 aliphatic rings. The number of nitrogens with one attached hydrogen (secondary N) is 2. The number of methoxy groups -OCH3 is 1. The molecule has 11 heteroatoms. The van der Waals surface area contributed by atoms with Gasteiger partial charge in [0.2, 0.25) is 0 Å². The maximum Gasteiger partial charge on any atom is 0.416 e. The number of ether oxygens (including phenoxy) is 1. The van der Waals surface area contributed by atoms with E-state index in [9.17, 15) is 27.6 Å². The zero-order valence-corrected chi connectivity index (χ0v) is 17.4. The van der Waals surface area contributed by atoms with E-state index in [1.54, 1.807) is 0 Å². The molecule has 0 radical (unpaired) electrons. The molecule has 0 saturated heterocycles. The summed E-state index contributed by atoms with van der Waals surface area (Å²) in [7, 11) is 1.18. The van der Waals surface area contributed by atoms with Gasteiger partial charge in [-0.2, -0.15) is 13.2 Å². The Morgan fingerprint density at radius 2 is 1.82 bits per heavy atom. The summed E-state index contributed by atoms with van der Waals surface area (Å²) in [4.78, 5) is 38.3. The summed E-state index contributed by atoms with van der Waals surface area (Å²) in [6.07, 6.45) is -4.53. The van der Waals surface area contributed by atoms with Gasteiger partial charge in [-0.05, 0) is 42.5 Å². The monoisotopic (exact) mass is 463 g/mol. The molecule has 0 aliphatic carbocycles. The van der Waals surface area contributed by atoms with Gasteiger partial charge < -0.3 is 25.4 Å². The van der Waals surface area contributed by atoms with E-state index in [1.807, 2.05) is 0 Å². The summed E-state index contributed by atoms with van der Waals surface area (Å²) in [6.45, 7) is -0.256. The van der Waals surface area contributed by atoms with Crippen molar-refractivity contribution in [3.8, 4) is 0 Å². The van der Waals surface area contributed by atoms with E-state index in [-0.39, 0.29) is 42.2 Å². The molecule has 33 heavy (non-hydrogen) atoms. The molecule has 0 fully saturated rings. The molecule has 174 valence electrons. The van der Waals surface area contributed by atoms with Crippen LogP contribution in [0.1, 0.15) is 15.9 Å². The number of hydrogen-bond acceptors (Lipinski definition) is 6. The topological polar surface area (TPSA) is 108 Å². The fraction of sp³-hybridized carbons (Fsp3) is 0.227. The number of halogens is 3. The highest BCUT2D eigenvalue weighted by Crippen LogP contribution is 2.31. The van der Waals surface area contributed by atoms with Gasteiger partial charge in [0.25, 0.3) is 11.8 Å². The number of amides is 2. The standard InChI is InChI=1S/C22H20F3N3O5/c1-33-21(32)17-12-28(9-10-29)20(31)18(17)26-15-7-5-13(6-8-15)19(30)27-16-4-2-3-14(11-16)22(23,24)25/h2-8,11,26,29H,9-10,12H2,1H3,(H,27,30). The van der Waals surface area contributed by atoms with Crippen LogP contribution in [0.4, 0.5) is 24.5 Å². The SMILES string of the molecule is COC(=O)C1=C(Nc2ccc(C(=O)Nc3cccc(C(F)(F)F)c3)cc2)C(=O)N(CCO)C1. The zero-order valence-electron chi connectivity index (χ0n) is 17.4. The van der Waals surface area contributed by atoms with Crippen molar-refractivity contribution in [2.75, 3.05) is 37.4 Å². The normalized spacial score (nSPS) is 13.8. The van der Waals surface area contributed by atoms with Crippen molar-refractivity contribution < 1.29 is 37.4 Å². The molecule has 0 aromatic heterocycles. The summed E-state index contributed by atoms with van der Waals surface area (Å²) in [5, 5.41) is 14.3. The van der Waals surface area contributed by atoms with Gasteiger partial charge in [0.05, 0.1) is 31.4 Å². The van der Waals surface area contributed by atoms with Gasteiger partial charge in [-0.1, -0.05) is 6.07 Å². The number of carbonyl (C=O) groups is 3. The lowest BCUT2D eigenvalue weighted by molar-refractivity contribution is -0.138. The highest BCUT2D eigenvalue weighted by atomic mass is 19.4. The van der Waals surface area contributed by atoms with Crippen molar-refractivity contribution in [3.05, 3.63) is 70.9 Å². The summed E-state index contributed by atoms with van der Waals surface area (Å²) in [5.74, 6) is -1.81. The highest BCUT2D eigenvalue weighted by Gasteiger charge is 2.34. The van der Waals surface area contributed by atoms with Crippen molar-refractivity contribution in [3.63, 3.8) is 0 Å². The van der Waals surface area contributed by atoms with Crippen LogP contribution >= 0.6 is 0 Å². The van der Waals surface area contributed by atoms with Crippen LogP contribution < -0.4 is 10.6 Å². The van der Waals surface area contributed by atoms with Gasteiger partial charge >= 0.3 is 12.1 Å². The van der Waals surface area contributed by atoms with Gasteiger partial charge in [0.1, 0.15) is 5.70 Å². The molecule has 0 unspecified atom stereocenters. The lowest BCUT2D eigenvalue weighted by Gasteiger charge is -2.15. The smallest absolute Gasteiger partial charge is 0.416 e. The predicted molar refractivity (Wildman–Crippen MR) is 112 cm³/mol. The van der Waals surface area contributed by atoms with E-state index >= 15 is 0 Å². The van der Waals surface area contributed by atoms with E-state index < -0.39 is 29.5 Å². The Balaban J connectivity index is 1.74. The maximum absolute atomic E-state index is 12.8. The second-order valence-electron chi connectivity index (χ2n) is 7.03. The predicted octanol–water partition coefficient (Wildman–Crippen LogP) is 2.63. The Hall–Kier alpha value is -3.86. The number of anilines is 2. The summed E-state index contributed by atoms with van der Waals surface area (Å²) in [6, 6.07) is 10.0. The molecule has 2 aromatic carbocycles. The average molecular weight is 463 g/mol. The second kappa shape index (κ2) is 9.74. The quantitative estimate of drug-likeness (QED) is 0.545. The van der Waals surface area contributed by atoms with E-state index in [2.05, 4.69) is 10.6 Å². The molecule has 0 bridgehead atoms. The van der Waals surface area contributed by atoms with Gasteiger partial charge in [-0.3, -0.25) is 9.59 Å². The fourth-order valence-electron chi connectivity index (χ4n) is 3.17. The van der Waals surface area contributed by atoms with E-state index in [0.717, 1.165) is 12.1 Å². The maximum atomic E-state index is 12.8. The third-order valence-electron chi connectivity index (χ3n) is 4.82. The zero-order chi connectivity index (χ0) is 24.2. The van der Waals surface area contributed by atoms with Crippen LogP contribution in [0.25, 0.3) is 0 Å². The number of aliphatic hydroxyl groups excluding tert-OH is 1. The third-order valence-corrected chi connectivity index (χ3v) is 4.82. The minimum Gasteiger partial charge on any atom is -0.466 e. The van der Waals surface area contributed by atoms with Crippen molar-refractivity contribution in [1.82, 2.24) is 4.90 Å². The number of aliphatic hydroxyl groups is 1. The molecule has 2 amide bonds. The van der Waals surface area contributed by atoms with E-state index in [0.29, 0.717) is 5.69 Å². The molecule has 8 nitrogen and oxygen atoms in total. The van der Waals surface area contributed by atoms with Crippen molar-refractivity contribution >= 4 is 29.2 Å². The van der Waals surface area contributed by atoms with Gasteiger partial charge in [0, 0.05) is 23.5 Å². The molecule has 0 saturated carbocycles. The number of esters is 1. The lowest BCUT2D eigenvalue weighted by atomic mass is 10.1. The van der Waals surface area contributed by atoms with Crippen molar-refractivity contribution in [2.45, 2.75) is 6.18 Å². The van der Waals surface area contributed by atoms with Gasteiger partial charge in [-0.15, -0.1) is 0 Å². The van der Waals surface area contributed by atoms with Crippen molar-refractivity contribution in [1.29, 1.82) is 0 Å². The molecule has 1 aliphatic heterocycles. The van der Waals surface area contributed by atoms with Crippen LogP contribution in [0.5, 0.6) is 0 Å². The summed E-state index contributed by atoms with van der Waals surface area (Å²) >= 11 is 0. The summed E-state index contributed by atoms with van der Waals surface area (Å²) < 4.78 is 43.2. The minimum atomic E-state index is -4.53. The van der Waals surface area contributed by atoms with Gasteiger partial charge in [0.15, 0.2) is 0 Å². The molecule has 1 heterocycles. The number of benzene rings is 2. The second-order valence-corrected chi connectivity index (χ2v) is 7.03. The Morgan fingerprint density at radius 3 is 2.42 bits per heavy atom. The number of hydrogen-bond donors (Lipinski definition) is 3. The fourth-order valence-corrected chi connectivity index (χ4v) is 3.17. The number of rotatable bonds is 7. The first-order valence-corrected chi connectivity index (χ1v) is 9.71. The molecule has 0 atom stereocenters. The van der Waals surface area contributed by atoms with Crippen LogP contribution in [0.3, 0.4) is 0 Å². The van der Waals surface area contributed by atoms with Crippen molar-refractivity contribution in [2.24, 2.45) is 0 Å². The Bertz CT molecular complexity index is 1100. The molecule has 0 spiro atoms. The van der Waals surface area contributed by atoms with Gasteiger partial charge in [-0.25, -0.2) is 4.79 Å². The lowest BCUT2D eigenvalue weighted by Crippen LogP contribution is -2.31. The van der Waals surface area contributed by atoms with Crippen LogP contribution in [-0.4, -0.2) is 54.6 Å². The molecular weight excluding hydrogens is 443 g/mol. The number of β-amino-alcohol motifs (C(OH)–C–C–N with tert-alkyl or cyclic N) is 1. The highest BCUT2D eigenvalue weighted by molar-refractivity contribution is 6.09. The van der Waals surface area contributed by atoms with E-state index in [4.69, 9.17) is 9.84 Å². The average Bonchev–Trinajstić information content (AvgIpc) is 3.09. The number of alkyl halides is 3. The molecular formula is C22H20F3N3O5. The number of carbonyl (C=O) groups excluding carboxylic acids is 3. The largest absolute Gasteiger partial charge is 0.466 e. The molecule has 3 rings (SSSR count). The van der Waals surface area contributed by atoms with Crippen LogP contribution in [-0.2, 0) is 20.5 Å². The number of nitrogens with zero attached hydrogens (tertiary/aromatic N) is 1.